The molecule has 3 rings (SSSR count). The normalized spacial score (nSPS) is 18.2. The Morgan fingerprint density at radius 1 is 1.12 bits per heavy atom. The minimum Gasteiger partial charge on any atom is -0.497 e. The fourth-order valence-electron chi connectivity index (χ4n) is 2.61. The Hall–Kier alpha value is -2.31. The van der Waals surface area contributed by atoms with Gasteiger partial charge in [-0.1, -0.05) is 23.7 Å². The van der Waals surface area contributed by atoms with Crippen molar-refractivity contribution in [3.8, 4) is 5.75 Å². The van der Waals surface area contributed by atoms with Crippen LogP contribution in [0.25, 0.3) is 0 Å². The zero-order valence-electron chi connectivity index (χ0n) is 13.6. The van der Waals surface area contributed by atoms with E-state index in [2.05, 4.69) is 16.2 Å². The molecule has 2 atom stereocenters. The number of anilines is 1. The number of benzene rings is 2. The molecule has 5 nitrogen and oxygen atoms in total. The number of amides is 1. The van der Waals surface area contributed by atoms with E-state index >= 15 is 0 Å². The third-order valence-electron chi connectivity index (χ3n) is 4.07. The second-order valence-electron chi connectivity index (χ2n) is 5.80. The number of hydrogen-bond donors (Lipinski definition) is 3. The molecule has 7 heteroatoms. The van der Waals surface area contributed by atoms with Crippen LogP contribution in [0, 0.1) is 5.92 Å². The number of thiocarbonyl (C=S) groups is 1. The molecule has 0 bridgehead atoms. The lowest BCUT2D eigenvalue weighted by Gasteiger charge is -2.12. The maximum Gasteiger partial charge on any atom is 0.242 e. The quantitative estimate of drug-likeness (QED) is 0.564. The molecule has 2 aromatic rings. The molecule has 1 fully saturated rings. The zero-order valence-corrected chi connectivity index (χ0v) is 15.2. The number of halogens is 1. The van der Waals surface area contributed by atoms with Gasteiger partial charge in [0.25, 0.3) is 0 Å². The SMILES string of the molecule is COc1ccc(NC(=S)NNC(=O)[C@@H]2C[C@@H]2c2ccc(Cl)cc2)cc1. The predicted molar refractivity (Wildman–Crippen MR) is 103 cm³/mol. The fraction of sp³-hybridized carbons (Fsp3) is 0.222. The van der Waals surface area contributed by atoms with Gasteiger partial charge in [-0.25, -0.2) is 0 Å². The molecule has 0 aliphatic heterocycles. The number of hydrazine groups is 1. The van der Waals surface area contributed by atoms with Gasteiger partial charge in [0.1, 0.15) is 5.75 Å². The van der Waals surface area contributed by atoms with Gasteiger partial charge in [-0.2, -0.15) is 0 Å². The number of carbonyl (C=O) groups excluding carboxylic acids is 1. The van der Waals surface area contributed by atoms with E-state index in [1.807, 2.05) is 48.5 Å². The number of rotatable bonds is 4. The van der Waals surface area contributed by atoms with Crippen LogP contribution in [0.4, 0.5) is 5.69 Å². The Bertz CT molecular complexity index is 765. The lowest BCUT2D eigenvalue weighted by Crippen LogP contribution is -2.44. The maximum absolute atomic E-state index is 12.2. The Labute approximate surface area is 156 Å². The molecule has 130 valence electrons. The number of ether oxygens (including phenoxy) is 1. The molecular formula is C18H18ClN3O2S. The minimum absolute atomic E-state index is 0.0440. The summed E-state index contributed by atoms with van der Waals surface area (Å²) in [6.45, 7) is 0. The van der Waals surface area contributed by atoms with Crippen LogP contribution in [-0.2, 0) is 4.79 Å². The van der Waals surface area contributed by atoms with Crippen LogP contribution in [0.2, 0.25) is 5.02 Å². The van der Waals surface area contributed by atoms with Gasteiger partial charge in [-0.3, -0.25) is 15.6 Å². The summed E-state index contributed by atoms with van der Waals surface area (Å²) in [6.07, 6.45) is 0.827. The highest BCUT2D eigenvalue weighted by molar-refractivity contribution is 7.80. The highest BCUT2D eigenvalue weighted by atomic mass is 35.5. The molecule has 0 aromatic heterocycles. The lowest BCUT2D eigenvalue weighted by atomic mass is 10.1. The summed E-state index contributed by atoms with van der Waals surface area (Å²) in [4.78, 5) is 12.2. The molecule has 0 spiro atoms. The topological polar surface area (TPSA) is 62.4 Å². The van der Waals surface area contributed by atoms with Crippen molar-refractivity contribution in [3.05, 3.63) is 59.1 Å². The van der Waals surface area contributed by atoms with Crippen LogP contribution in [0.15, 0.2) is 48.5 Å². The molecule has 25 heavy (non-hydrogen) atoms. The van der Waals surface area contributed by atoms with Crippen LogP contribution in [0.3, 0.4) is 0 Å². The average molecular weight is 376 g/mol. The van der Waals surface area contributed by atoms with E-state index in [9.17, 15) is 4.79 Å². The molecular weight excluding hydrogens is 358 g/mol. The third-order valence-corrected chi connectivity index (χ3v) is 4.53. The van der Waals surface area contributed by atoms with Crippen LogP contribution in [0.1, 0.15) is 17.9 Å². The molecule has 0 radical (unpaired) electrons. The summed E-state index contributed by atoms with van der Waals surface area (Å²) in [5.74, 6) is 0.887. The van der Waals surface area contributed by atoms with Crippen LogP contribution in [-0.4, -0.2) is 18.1 Å². The van der Waals surface area contributed by atoms with Crippen molar-refractivity contribution < 1.29 is 9.53 Å². The van der Waals surface area contributed by atoms with Gasteiger partial charge < -0.3 is 10.1 Å². The molecule has 1 saturated carbocycles. The monoisotopic (exact) mass is 375 g/mol. The first-order valence-electron chi connectivity index (χ1n) is 7.83. The van der Waals surface area contributed by atoms with Crippen molar-refractivity contribution in [2.75, 3.05) is 12.4 Å². The van der Waals surface area contributed by atoms with Crippen LogP contribution >= 0.6 is 23.8 Å². The first-order chi connectivity index (χ1) is 12.1. The van der Waals surface area contributed by atoms with Crippen molar-refractivity contribution in [1.82, 2.24) is 10.9 Å². The van der Waals surface area contributed by atoms with Crippen molar-refractivity contribution in [1.29, 1.82) is 0 Å². The second kappa shape index (κ2) is 7.72. The molecule has 1 aliphatic carbocycles. The lowest BCUT2D eigenvalue weighted by molar-refractivity contribution is -0.122. The van der Waals surface area contributed by atoms with E-state index in [0.29, 0.717) is 10.1 Å². The Morgan fingerprint density at radius 3 is 2.44 bits per heavy atom. The van der Waals surface area contributed by atoms with E-state index in [-0.39, 0.29) is 17.7 Å². The second-order valence-corrected chi connectivity index (χ2v) is 6.64. The van der Waals surface area contributed by atoms with Crippen LogP contribution in [0.5, 0.6) is 5.75 Å². The summed E-state index contributed by atoms with van der Waals surface area (Å²) in [7, 11) is 1.61. The van der Waals surface area contributed by atoms with Gasteiger partial charge in [0.2, 0.25) is 5.91 Å². The number of methoxy groups -OCH3 is 1. The molecule has 2 aromatic carbocycles. The van der Waals surface area contributed by atoms with Crippen molar-refractivity contribution >= 4 is 40.5 Å². The van der Waals surface area contributed by atoms with Crippen molar-refractivity contribution in [2.45, 2.75) is 12.3 Å². The van der Waals surface area contributed by atoms with Gasteiger partial charge in [0.05, 0.1) is 7.11 Å². The first-order valence-corrected chi connectivity index (χ1v) is 8.62. The number of nitrogens with one attached hydrogen (secondary N) is 3. The molecule has 3 N–H and O–H groups in total. The Morgan fingerprint density at radius 2 is 1.80 bits per heavy atom. The summed E-state index contributed by atoms with van der Waals surface area (Å²) < 4.78 is 5.10. The summed E-state index contributed by atoms with van der Waals surface area (Å²) >= 11 is 11.1. The fourth-order valence-corrected chi connectivity index (χ4v) is 2.91. The highest BCUT2D eigenvalue weighted by Gasteiger charge is 2.43. The standard InChI is InChI=1S/C18H18ClN3O2S/c1-24-14-8-6-13(7-9-14)20-18(25)22-21-17(23)16-10-15(16)11-2-4-12(19)5-3-11/h2-9,15-16H,10H2,1H3,(H,21,23)(H2,20,22,25)/t15-,16-/m1/s1. The zero-order chi connectivity index (χ0) is 17.8. The molecule has 1 amide bonds. The smallest absolute Gasteiger partial charge is 0.242 e. The van der Waals surface area contributed by atoms with E-state index in [1.165, 1.54) is 0 Å². The van der Waals surface area contributed by atoms with Crippen LogP contribution < -0.4 is 20.9 Å². The molecule has 0 unspecified atom stereocenters. The van der Waals surface area contributed by atoms with Gasteiger partial charge >= 0.3 is 0 Å². The van der Waals surface area contributed by atoms with E-state index in [4.69, 9.17) is 28.6 Å². The van der Waals surface area contributed by atoms with Crippen molar-refractivity contribution in [3.63, 3.8) is 0 Å². The Kier molecular flexibility index (Phi) is 5.40. The van der Waals surface area contributed by atoms with E-state index in [1.54, 1.807) is 7.11 Å². The number of carbonyl (C=O) groups is 1. The van der Waals surface area contributed by atoms with E-state index < -0.39 is 0 Å². The van der Waals surface area contributed by atoms with Gasteiger partial charge in [-0.15, -0.1) is 0 Å². The maximum atomic E-state index is 12.2. The highest BCUT2D eigenvalue weighted by Crippen LogP contribution is 2.47. The van der Waals surface area contributed by atoms with Crippen molar-refractivity contribution in [2.24, 2.45) is 5.92 Å². The van der Waals surface area contributed by atoms with Gasteiger partial charge in [-0.05, 0) is 66.5 Å². The van der Waals surface area contributed by atoms with E-state index in [0.717, 1.165) is 23.4 Å². The van der Waals surface area contributed by atoms with Gasteiger partial charge in [0, 0.05) is 16.6 Å². The molecule has 1 aliphatic rings. The summed E-state index contributed by atoms with van der Waals surface area (Å²) in [5, 5.41) is 4.01. The molecule has 0 heterocycles. The summed E-state index contributed by atoms with van der Waals surface area (Å²) in [5.41, 5.74) is 7.32. The first kappa shape index (κ1) is 17.5. The minimum atomic E-state index is -0.0705. The van der Waals surface area contributed by atoms with Gasteiger partial charge in [0.15, 0.2) is 5.11 Å². The largest absolute Gasteiger partial charge is 0.497 e. The summed E-state index contributed by atoms with van der Waals surface area (Å²) in [6, 6.07) is 14.9. The average Bonchev–Trinajstić information content (AvgIpc) is 3.42. The third kappa shape index (κ3) is 4.61. The Balaban J connectivity index is 1.44. The number of hydrogen-bond acceptors (Lipinski definition) is 3. The molecule has 0 saturated heterocycles. The predicted octanol–water partition coefficient (Wildman–Crippen LogP) is 3.47.